The van der Waals surface area contributed by atoms with Gasteiger partial charge in [-0.05, 0) is 88.8 Å². The van der Waals surface area contributed by atoms with Crippen LogP contribution in [0.25, 0.3) is 11.4 Å². The molecule has 4 nitrogen and oxygen atoms in total. The van der Waals surface area contributed by atoms with Gasteiger partial charge in [0, 0.05) is 12.6 Å². The molecule has 0 atom stereocenters. The summed E-state index contributed by atoms with van der Waals surface area (Å²) in [6, 6.07) is 15.3. The second-order valence-electron chi connectivity index (χ2n) is 9.92. The molecule has 0 fully saturated rings. The zero-order valence-corrected chi connectivity index (χ0v) is 22.5. The summed E-state index contributed by atoms with van der Waals surface area (Å²) < 4.78 is 4.44. The summed E-state index contributed by atoms with van der Waals surface area (Å²) in [4.78, 5) is 5.19. The number of nitrogens with zero attached hydrogens (tertiary/aromatic N) is 3. The van der Waals surface area contributed by atoms with Crippen LogP contribution in [0, 0.1) is 55.4 Å². The summed E-state index contributed by atoms with van der Waals surface area (Å²) in [6.07, 6.45) is 4.27. The number of nitrogens with one attached hydrogen (secondary N) is 1. The fraction of sp³-hybridized carbons (Fsp3) is 0.290. The number of benzene rings is 3. The van der Waals surface area contributed by atoms with Crippen LogP contribution < -0.4 is 9.88 Å². The third kappa shape index (κ3) is 4.79. The molecule has 4 heteroatoms. The fourth-order valence-electron chi connectivity index (χ4n) is 5.31. The van der Waals surface area contributed by atoms with Gasteiger partial charge in [0.05, 0.1) is 0 Å². The van der Waals surface area contributed by atoms with E-state index in [2.05, 4.69) is 125 Å². The molecule has 0 bridgehead atoms. The van der Waals surface area contributed by atoms with Crippen molar-refractivity contribution >= 4 is 17.5 Å². The predicted molar refractivity (Wildman–Crippen MR) is 148 cm³/mol. The minimum absolute atomic E-state index is 0.848. The van der Waals surface area contributed by atoms with E-state index in [1.54, 1.807) is 0 Å². The second kappa shape index (κ2) is 9.53. The standard InChI is InChI=1S/C31H36N4/c1-19-15-23(5)29(24(6)16-19)34-13-14-35(30-25(7)17-20(2)18-26(30)8)31(34)33-27(9)32-28-21(3)11-10-12-22(28)4/h10-18H,1-9H3/p+1. The van der Waals surface area contributed by atoms with Crippen LogP contribution in [0.15, 0.2) is 59.9 Å². The summed E-state index contributed by atoms with van der Waals surface area (Å²) in [5.41, 5.74) is 13.4. The van der Waals surface area contributed by atoms with Crippen LogP contribution in [0.5, 0.6) is 0 Å². The Morgan fingerprint density at radius 3 is 1.80 bits per heavy atom. The number of rotatable bonds is 4. The van der Waals surface area contributed by atoms with Crippen LogP contribution in [0.2, 0.25) is 0 Å². The zero-order valence-electron chi connectivity index (χ0n) is 22.5. The molecule has 1 aromatic heterocycles. The van der Waals surface area contributed by atoms with E-state index < -0.39 is 0 Å². The van der Waals surface area contributed by atoms with Gasteiger partial charge < -0.3 is 5.32 Å². The van der Waals surface area contributed by atoms with E-state index in [0.717, 1.165) is 17.5 Å². The number of aryl methyl sites for hydroxylation is 8. The highest BCUT2D eigenvalue weighted by Crippen LogP contribution is 2.28. The van der Waals surface area contributed by atoms with Crippen molar-refractivity contribution in [2.75, 3.05) is 5.32 Å². The van der Waals surface area contributed by atoms with Gasteiger partial charge >= 0.3 is 5.95 Å². The lowest BCUT2D eigenvalue weighted by Crippen LogP contribution is -2.32. The van der Waals surface area contributed by atoms with E-state index in [4.69, 9.17) is 4.99 Å². The Hall–Kier alpha value is -3.66. The minimum Gasteiger partial charge on any atom is -0.330 e. The highest BCUT2D eigenvalue weighted by molar-refractivity contribution is 5.96. The van der Waals surface area contributed by atoms with Gasteiger partial charge in [-0.15, -0.1) is 0 Å². The van der Waals surface area contributed by atoms with Gasteiger partial charge in [0.1, 0.15) is 23.8 Å². The Bertz CT molecular complexity index is 1310. The molecule has 4 rings (SSSR count). The molecule has 0 spiro atoms. The Kier molecular flexibility index (Phi) is 6.66. The first-order valence-corrected chi connectivity index (χ1v) is 12.2. The molecule has 4 aromatic rings. The van der Waals surface area contributed by atoms with Crippen LogP contribution >= 0.6 is 0 Å². The van der Waals surface area contributed by atoms with Crippen LogP contribution in [-0.4, -0.2) is 10.4 Å². The monoisotopic (exact) mass is 465 g/mol. The van der Waals surface area contributed by atoms with Crippen molar-refractivity contribution < 1.29 is 4.57 Å². The number of imidazole rings is 1. The lowest BCUT2D eigenvalue weighted by molar-refractivity contribution is -0.581. The molecule has 1 heterocycles. The van der Waals surface area contributed by atoms with Crippen LogP contribution in [0.1, 0.15) is 51.4 Å². The maximum atomic E-state index is 5.19. The predicted octanol–water partition coefficient (Wildman–Crippen LogP) is 7.38. The van der Waals surface area contributed by atoms with Gasteiger partial charge in [-0.1, -0.05) is 58.6 Å². The summed E-state index contributed by atoms with van der Waals surface area (Å²) in [7, 11) is 0. The second-order valence-corrected chi connectivity index (χ2v) is 9.92. The zero-order chi connectivity index (χ0) is 25.4. The molecule has 0 unspecified atom stereocenters. The van der Waals surface area contributed by atoms with Gasteiger partial charge in [0.15, 0.2) is 5.84 Å². The first-order chi connectivity index (χ1) is 16.6. The summed E-state index contributed by atoms with van der Waals surface area (Å²) >= 11 is 0. The lowest BCUT2D eigenvalue weighted by Gasteiger charge is -2.13. The van der Waals surface area contributed by atoms with Crippen molar-refractivity contribution in [3.8, 4) is 11.4 Å². The van der Waals surface area contributed by atoms with Gasteiger partial charge in [-0.3, -0.25) is 0 Å². The third-order valence-electron chi connectivity index (χ3n) is 6.60. The summed E-state index contributed by atoms with van der Waals surface area (Å²) in [6.45, 7) is 19.3. The Balaban J connectivity index is 1.95. The maximum absolute atomic E-state index is 5.19. The number of para-hydroxylation sites is 1. The average molecular weight is 466 g/mol. The Morgan fingerprint density at radius 1 is 0.743 bits per heavy atom. The van der Waals surface area contributed by atoms with Crippen molar-refractivity contribution in [2.45, 2.75) is 62.3 Å². The largest absolute Gasteiger partial charge is 0.410 e. The Morgan fingerprint density at radius 2 is 1.26 bits per heavy atom. The summed E-state index contributed by atoms with van der Waals surface area (Å²) in [5, 5.41) is 3.57. The van der Waals surface area contributed by atoms with Crippen LogP contribution in [0.3, 0.4) is 0 Å². The first-order valence-electron chi connectivity index (χ1n) is 12.2. The third-order valence-corrected chi connectivity index (χ3v) is 6.60. The van der Waals surface area contributed by atoms with Gasteiger partial charge in [-0.25, -0.2) is 0 Å². The number of aliphatic imine (C=N–C) groups is 1. The smallest absolute Gasteiger partial charge is 0.330 e. The van der Waals surface area contributed by atoms with Crippen molar-refractivity contribution in [3.63, 3.8) is 0 Å². The molecule has 0 saturated carbocycles. The number of hydrogen-bond donors (Lipinski definition) is 1. The number of hydrogen-bond acceptors (Lipinski definition) is 1. The summed E-state index contributed by atoms with van der Waals surface area (Å²) in [5.74, 6) is 1.72. The number of anilines is 1. The van der Waals surface area contributed by atoms with E-state index in [0.29, 0.717) is 0 Å². The SMILES string of the molecule is C/C(=N\c1n(-c2c(C)cc(C)cc2C)cc[n+]1-c1c(C)cc(C)cc1C)Nc1c(C)cccc1C. The van der Waals surface area contributed by atoms with E-state index in [1.807, 2.05) is 6.92 Å². The molecular weight excluding hydrogens is 428 g/mol. The molecule has 180 valence electrons. The van der Waals surface area contributed by atoms with Crippen molar-refractivity contribution in [2.24, 2.45) is 4.99 Å². The van der Waals surface area contributed by atoms with Gasteiger partial charge in [0.2, 0.25) is 0 Å². The molecule has 0 radical (unpaired) electrons. The van der Waals surface area contributed by atoms with E-state index in [-0.39, 0.29) is 0 Å². The number of amidine groups is 1. The van der Waals surface area contributed by atoms with Crippen molar-refractivity contribution in [1.82, 2.24) is 4.57 Å². The van der Waals surface area contributed by atoms with E-state index in [1.165, 1.54) is 55.9 Å². The topological polar surface area (TPSA) is 33.2 Å². The van der Waals surface area contributed by atoms with Crippen LogP contribution in [-0.2, 0) is 0 Å². The highest BCUT2D eigenvalue weighted by atomic mass is 15.3. The Labute approximate surface area is 210 Å². The average Bonchev–Trinajstić information content (AvgIpc) is 3.12. The van der Waals surface area contributed by atoms with Gasteiger partial charge in [-0.2, -0.15) is 9.13 Å². The fourth-order valence-corrected chi connectivity index (χ4v) is 5.31. The minimum atomic E-state index is 0.848. The highest BCUT2D eigenvalue weighted by Gasteiger charge is 2.25. The molecule has 0 aliphatic heterocycles. The van der Waals surface area contributed by atoms with Crippen molar-refractivity contribution in [3.05, 3.63) is 99.4 Å². The lowest BCUT2D eigenvalue weighted by atomic mass is 10.0. The molecule has 1 N–H and O–H groups in total. The van der Waals surface area contributed by atoms with E-state index in [9.17, 15) is 0 Å². The molecule has 35 heavy (non-hydrogen) atoms. The molecule has 0 saturated heterocycles. The van der Waals surface area contributed by atoms with Crippen LogP contribution in [0.4, 0.5) is 11.6 Å². The molecule has 0 aliphatic carbocycles. The number of aromatic nitrogens is 2. The quantitative estimate of drug-likeness (QED) is 0.190. The first kappa shape index (κ1) is 24.5. The molecule has 0 aliphatic rings. The molecular formula is C31H37N4+. The van der Waals surface area contributed by atoms with Gasteiger partial charge in [0.25, 0.3) is 0 Å². The molecule has 3 aromatic carbocycles. The molecule has 0 amide bonds. The van der Waals surface area contributed by atoms with E-state index >= 15 is 0 Å². The van der Waals surface area contributed by atoms with Crippen molar-refractivity contribution in [1.29, 1.82) is 0 Å². The maximum Gasteiger partial charge on any atom is 0.410 e. The normalized spacial score (nSPS) is 11.7.